The Morgan fingerprint density at radius 2 is 2.19 bits per heavy atom. The van der Waals surface area contributed by atoms with Gasteiger partial charge in [-0.25, -0.2) is 4.68 Å². The normalized spacial score (nSPS) is 17.5. The van der Waals surface area contributed by atoms with E-state index in [2.05, 4.69) is 41.6 Å². The third kappa shape index (κ3) is 2.62. The van der Waals surface area contributed by atoms with Gasteiger partial charge in [0.15, 0.2) is 0 Å². The number of nitrogen functional groups attached to an aromatic ring is 1. The Labute approximate surface area is 126 Å². The van der Waals surface area contributed by atoms with Crippen LogP contribution in [0.4, 0.5) is 11.5 Å². The van der Waals surface area contributed by atoms with E-state index >= 15 is 0 Å². The van der Waals surface area contributed by atoms with E-state index in [9.17, 15) is 0 Å². The largest absolute Gasteiger partial charge is 0.394 e. The summed E-state index contributed by atoms with van der Waals surface area (Å²) in [5.41, 5.74) is 10.8. The molecular formula is C17H24N4. The standard InChI is InChI=1S/C17H24N4/c1-3-11-21-17(16(18)12(2)20-21)19-15-10-6-8-13-7-4-5-9-14(13)15/h4-5,7,9,15,19H,3,6,8,10-11,18H2,1-2H3. The molecule has 0 saturated heterocycles. The molecule has 0 bridgehead atoms. The molecule has 2 aromatic rings. The van der Waals surface area contributed by atoms with Gasteiger partial charge in [0.25, 0.3) is 0 Å². The molecule has 1 aromatic heterocycles. The second-order valence-electron chi connectivity index (χ2n) is 5.86. The third-order valence-electron chi connectivity index (χ3n) is 4.29. The Balaban J connectivity index is 1.91. The number of rotatable bonds is 4. The lowest BCUT2D eigenvalue weighted by Crippen LogP contribution is -2.20. The van der Waals surface area contributed by atoms with Crippen molar-refractivity contribution >= 4 is 11.5 Å². The number of benzene rings is 1. The first kappa shape index (κ1) is 14.0. The van der Waals surface area contributed by atoms with Crippen molar-refractivity contribution in [3.8, 4) is 0 Å². The topological polar surface area (TPSA) is 55.9 Å². The minimum absolute atomic E-state index is 0.337. The summed E-state index contributed by atoms with van der Waals surface area (Å²) in [6, 6.07) is 9.05. The van der Waals surface area contributed by atoms with Gasteiger partial charge in [-0.3, -0.25) is 0 Å². The first-order chi connectivity index (χ1) is 10.2. The van der Waals surface area contributed by atoms with E-state index in [-0.39, 0.29) is 0 Å². The molecule has 1 atom stereocenters. The maximum absolute atomic E-state index is 6.22. The van der Waals surface area contributed by atoms with E-state index in [4.69, 9.17) is 5.73 Å². The molecule has 1 unspecified atom stereocenters. The van der Waals surface area contributed by atoms with Gasteiger partial charge in [-0.1, -0.05) is 31.2 Å². The van der Waals surface area contributed by atoms with Gasteiger partial charge in [0.2, 0.25) is 0 Å². The molecule has 3 rings (SSSR count). The zero-order valence-corrected chi connectivity index (χ0v) is 12.9. The molecular weight excluding hydrogens is 260 g/mol. The zero-order valence-electron chi connectivity index (χ0n) is 12.9. The van der Waals surface area contributed by atoms with Crippen LogP contribution in [0.1, 0.15) is 49.0 Å². The van der Waals surface area contributed by atoms with Crippen molar-refractivity contribution in [1.82, 2.24) is 9.78 Å². The van der Waals surface area contributed by atoms with Crippen LogP contribution in [0.2, 0.25) is 0 Å². The fourth-order valence-electron chi connectivity index (χ4n) is 3.19. The van der Waals surface area contributed by atoms with Crippen LogP contribution < -0.4 is 11.1 Å². The molecule has 1 heterocycles. The van der Waals surface area contributed by atoms with Crippen LogP contribution in [0.15, 0.2) is 24.3 Å². The average molecular weight is 284 g/mol. The van der Waals surface area contributed by atoms with Gasteiger partial charge in [-0.15, -0.1) is 0 Å². The van der Waals surface area contributed by atoms with E-state index in [1.165, 1.54) is 24.0 Å². The number of nitrogens with one attached hydrogen (secondary N) is 1. The molecule has 4 heteroatoms. The number of nitrogens with zero attached hydrogens (tertiary/aromatic N) is 2. The first-order valence-electron chi connectivity index (χ1n) is 7.88. The van der Waals surface area contributed by atoms with Gasteiger partial charge in [-0.2, -0.15) is 5.10 Å². The van der Waals surface area contributed by atoms with Gasteiger partial charge in [0.05, 0.1) is 17.4 Å². The number of aryl methyl sites for hydroxylation is 3. The fourth-order valence-corrected chi connectivity index (χ4v) is 3.19. The quantitative estimate of drug-likeness (QED) is 0.900. The molecule has 1 aliphatic carbocycles. The monoisotopic (exact) mass is 284 g/mol. The van der Waals surface area contributed by atoms with Gasteiger partial charge in [0, 0.05) is 6.54 Å². The number of hydrogen-bond acceptors (Lipinski definition) is 3. The minimum atomic E-state index is 0.337. The van der Waals surface area contributed by atoms with Crippen LogP contribution in [-0.4, -0.2) is 9.78 Å². The molecule has 21 heavy (non-hydrogen) atoms. The Kier molecular flexibility index (Phi) is 3.86. The predicted molar refractivity (Wildman–Crippen MR) is 87.4 cm³/mol. The third-order valence-corrected chi connectivity index (χ3v) is 4.29. The summed E-state index contributed by atoms with van der Waals surface area (Å²) in [5.74, 6) is 0.982. The number of aromatic nitrogens is 2. The van der Waals surface area contributed by atoms with Crippen molar-refractivity contribution in [3.05, 3.63) is 41.1 Å². The molecule has 1 aromatic carbocycles. The van der Waals surface area contributed by atoms with Crippen molar-refractivity contribution in [2.75, 3.05) is 11.1 Å². The van der Waals surface area contributed by atoms with E-state index in [0.717, 1.165) is 36.6 Å². The zero-order chi connectivity index (χ0) is 14.8. The van der Waals surface area contributed by atoms with Crippen LogP contribution in [-0.2, 0) is 13.0 Å². The molecule has 0 radical (unpaired) electrons. The summed E-state index contributed by atoms with van der Waals surface area (Å²) in [6.45, 7) is 5.03. The van der Waals surface area contributed by atoms with Crippen molar-refractivity contribution in [1.29, 1.82) is 0 Å². The number of nitrogens with two attached hydrogens (primary N) is 1. The Hall–Kier alpha value is -1.97. The molecule has 4 nitrogen and oxygen atoms in total. The lowest BCUT2D eigenvalue weighted by atomic mass is 9.88. The number of hydrogen-bond donors (Lipinski definition) is 2. The van der Waals surface area contributed by atoms with Crippen LogP contribution in [0, 0.1) is 6.92 Å². The highest BCUT2D eigenvalue weighted by atomic mass is 15.3. The highest BCUT2D eigenvalue weighted by Gasteiger charge is 2.22. The molecule has 0 aliphatic heterocycles. The summed E-state index contributed by atoms with van der Waals surface area (Å²) >= 11 is 0. The first-order valence-corrected chi connectivity index (χ1v) is 7.88. The molecule has 1 aliphatic rings. The van der Waals surface area contributed by atoms with Crippen molar-refractivity contribution in [3.63, 3.8) is 0 Å². The van der Waals surface area contributed by atoms with Gasteiger partial charge < -0.3 is 11.1 Å². The minimum Gasteiger partial charge on any atom is -0.394 e. The van der Waals surface area contributed by atoms with Gasteiger partial charge >= 0.3 is 0 Å². The Bertz CT molecular complexity index is 630. The van der Waals surface area contributed by atoms with Crippen molar-refractivity contribution in [2.45, 2.75) is 52.1 Å². The molecule has 0 spiro atoms. The summed E-state index contributed by atoms with van der Waals surface area (Å²) in [6.07, 6.45) is 4.59. The van der Waals surface area contributed by atoms with E-state index in [1.807, 2.05) is 11.6 Å². The number of fused-ring (bicyclic) bond motifs is 1. The summed E-state index contributed by atoms with van der Waals surface area (Å²) in [5, 5.41) is 8.21. The van der Waals surface area contributed by atoms with Gasteiger partial charge in [0.1, 0.15) is 5.82 Å². The molecule has 0 saturated carbocycles. The Morgan fingerprint density at radius 3 is 3.00 bits per heavy atom. The van der Waals surface area contributed by atoms with Crippen LogP contribution in [0.5, 0.6) is 0 Å². The molecule has 3 N–H and O–H groups in total. The predicted octanol–water partition coefficient (Wildman–Crippen LogP) is 3.67. The summed E-state index contributed by atoms with van der Waals surface area (Å²) < 4.78 is 2.02. The lowest BCUT2D eigenvalue weighted by Gasteiger charge is -2.27. The van der Waals surface area contributed by atoms with Crippen LogP contribution in [0.25, 0.3) is 0 Å². The highest BCUT2D eigenvalue weighted by Crippen LogP contribution is 2.34. The summed E-state index contributed by atoms with van der Waals surface area (Å²) in [4.78, 5) is 0. The van der Waals surface area contributed by atoms with Crippen molar-refractivity contribution < 1.29 is 0 Å². The SMILES string of the molecule is CCCn1nc(C)c(N)c1NC1CCCc2ccccc21. The van der Waals surface area contributed by atoms with E-state index in [1.54, 1.807) is 0 Å². The van der Waals surface area contributed by atoms with Gasteiger partial charge in [-0.05, 0) is 43.7 Å². The molecule has 0 fully saturated rings. The maximum Gasteiger partial charge on any atom is 0.148 e. The fraction of sp³-hybridized carbons (Fsp3) is 0.471. The van der Waals surface area contributed by atoms with E-state index < -0.39 is 0 Å². The number of anilines is 2. The highest BCUT2D eigenvalue weighted by molar-refractivity contribution is 5.65. The lowest BCUT2D eigenvalue weighted by molar-refractivity contribution is 0.570. The second-order valence-corrected chi connectivity index (χ2v) is 5.86. The van der Waals surface area contributed by atoms with Crippen LogP contribution in [0.3, 0.4) is 0 Å². The second kappa shape index (κ2) is 5.80. The molecule has 0 amide bonds. The smallest absolute Gasteiger partial charge is 0.148 e. The summed E-state index contributed by atoms with van der Waals surface area (Å²) in [7, 11) is 0. The average Bonchev–Trinajstić information content (AvgIpc) is 2.76. The Morgan fingerprint density at radius 1 is 1.38 bits per heavy atom. The molecule has 112 valence electrons. The van der Waals surface area contributed by atoms with E-state index in [0.29, 0.717) is 6.04 Å². The van der Waals surface area contributed by atoms with Crippen LogP contribution >= 0.6 is 0 Å². The maximum atomic E-state index is 6.22. The van der Waals surface area contributed by atoms with Crippen molar-refractivity contribution in [2.24, 2.45) is 0 Å².